The molecule has 0 saturated heterocycles. The highest BCUT2D eigenvalue weighted by Gasteiger charge is 2.26. The van der Waals surface area contributed by atoms with Crippen molar-refractivity contribution in [3.8, 4) is 0 Å². The number of hydrogen-bond donors (Lipinski definition) is 1. The predicted octanol–water partition coefficient (Wildman–Crippen LogP) is 2.61. The lowest BCUT2D eigenvalue weighted by molar-refractivity contribution is 0.462. The fourth-order valence-electron chi connectivity index (χ4n) is 2.46. The van der Waals surface area contributed by atoms with Crippen LogP contribution >= 0.6 is 0 Å². The molecule has 0 bridgehead atoms. The van der Waals surface area contributed by atoms with Crippen molar-refractivity contribution in [1.82, 2.24) is 4.31 Å². The number of furan rings is 1. The van der Waals surface area contributed by atoms with E-state index in [4.69, 9.17) is 10.2 Å². The summed E-state index contributed by atoms with van der Waals surface area (Å²) < 4.78 is 31.9. The molecular formula is C15H20N2O3S. The monoisotopic (exact) mass is 308 g/mol. The molecule has 0 aliphatic carbocycles. The summed E-state index contributed by atoms with van der Waals surface area (Å²) in [6, 6.07) is 3.55. The third-order valence-electron chi connectivity index (χ3n) is 3.61. The molecule has 2 rings (SSSR count). The van der Waals surface area contributed by atoms with Crippen molar-refractivity contribution < 1.29 is 12.8 Å². The molecule has 0 saturated carbocycles. The highest BCUT2D eigenvalue weighted by molar-refractivity contribution is 7.89. The zero-order valence-electron chi connectivity index (χ0n) is 12.7. The van der Waals surface area contributed by atoms with E-state index in [-0.39, 0.29) is 11.4 Å². The second-order valence-corrected chi connectivity index (χ2v) is 7.25. The van der Waals surface area contributed by atoms with Gasteiger partial charge in [-0.05, 0) is 43.5 Å². The zero-order chi connectivity index (χ0) is 15.8. The summed E-state index contributed by atoms with van der Waals surface area (Å²) in [7, 11) is -2.05. The Labute approximate surface area is 125 Å². The van der Waals surface area contributed by atoms with Gasteiger partial charge in [0.25, 0.3) is 0 Å². The van der Waals surface area contributed by atoms with Crippen LogP contribution in [0.3, 0.4) is 0 Å². The fourth-order valence-corrected chi connectivity index (χ4v) is 4.05. The number of benzene rings is 1. The van der Waals surface area contributed by atoms with Gasteiger partial charge in [0.2, 0.25) is 10.0 Å². The minimum Gasteiger partial charge on any atom is -0.472 e. The van der Waals surface area contributed by atoms with Gasteiger partial charge in [0.15, 0.2) is 0 Å². The lowest BCUT2D eigenvalue weighted by Crippen LogP contribution is -2.28. The molecular weight excluding hydrogens is 288 g/mol. The molecule has 1 heterocycles. The Hall–Kier alpha value is -1.79. The standard InChI is InChI=1S/C15H20N2O3S/c1-10-7-11(2)15(12(3)14(10)16)21(18,19)17(4)8-13-5-6-20-9-13/h5-7,9H,8,16H2,1-4H3. The zero-order valence-corrected chi connectivity index (χ0v) is 13.5. The minimum absolute atomic E-state index is 0.255. The van der Waals surface area contributed by atoms with Crippen molar-refractivity contribution in [3.63, 3.8) is 0 Å². The maximum atomic E-state index is 12.8. The summed E-state index contributed by atoms with van der Waals surface area (Å²) in [6.45, 7) is 5.67. The van der Waals surface area contributed by atoms with Gasteiger partial charge in [-0.1, -0.05) is 6.07 Å². The molecule has 0 aliphatic heterocycles. The molecule has 0 radical (unpaired) electrons. The third kappa shape index (κ3) is 2.82. The molecule has 114 valence electrons. The van der Waals surface area contributed by atoms with Crippen LogP contribution in [-0.4, -0.2) is 19.8 Å². The van der Waals surface area contributed by atoms with E-state index < -0.39 is 10.0 Å². The van der Waals surface area contributed by atoms with E-state index in [1.807, 2.05) is 6.92 Å². The lowest BCUT2D eigenvalue weighted by Gasteiger charge is -2.21. The average Bonchev–Trinajstić information content (AvgIpc) is 2.88. The Morgan fingerprint density at radius 3 is 2.48 bits per heavy atom. The van der Waals surface area contributed by atoms with Crippen LogP contribution in [0.25, 0.3) is 0 Å². The quantitative estimate of drug-likeness (QED) is 0.881. The van der Waals surface area contributed by atoms with E-state index in [0.29, 0.717) is 16.8 Å². The van der Waals surface area contributed by atoms with Gasteiger partial charge < -0.3 is 10.2 Å². The maximum absolute atomic E-state index is 12.8. The maximum Gasteiger partial charge on any atom is 0.243 e. The van der Waals surface area contributed by atoms with Crippen LogP contribution < -0.4 is 5.73 Å². The second-order valence-electron chi connectivity index (χ2n) is 5.27. The first-order chi connectivity index (χ1) is 9.75. The van der Waals surface area contributed by atoms with Crippen molar-refractivity contribution in [2.24, 2.45) is 0 Å². The molecule has 0 aliphatic rings. The SMILES string of the molecule is Cc1cc(C)c(S(=O)(=O)N(C)Cc2ccoc2)c(C)c1N. The number of nitrogens with two attached hydrogens (primary N) is 1. The van der Waals surface area contributed by atoms with Gasteiger partial charge in [0, 0.05) is 24.8 Å². The molecule has 0 spiro atoms. The highest BCUT2D eigenvalue weighted by Crippen LogP contribution is 2.30. The Morgan fingerprint density at radius 2 is 1.90 bits per heavy atom. The number of nitrogen functional groups attached to an aromatic ring is 1. The van der Waals surface area contributed by atoms with E-state index in [1.54, 1.807) is 33.0 Å². The van der Waals surface area contributed by atoms with Gasteiger partial charge in [0.1, 0.15) is 0 Å². The Balaban J connectivity index is 2.47. The summed E-state index contributed by atoms with van der Waals surface area (Å²) in [5.74, 6) is 0. The van der Waals surface area contributed by atoms with E-state index >= 15 is 0 Å². The molecule has 5 nitrogen and oxygen atoms in total. The van der Waals surface area contributed by atoms with Crippen LogP contribution in [0.2, 0.25) is 0 Å². The number of rotatable bonds is 4. The Morgan fingerprint density at radius 1 is 1.24 bits per heavy atom. The van der Waals surface area contributed by atoms with E-state index in [0.717, 1.165) is 11.1 Å². The number of nitrogens with zero attached hydrogens (tertiary/aromatic N) is 1. The molecule has 0 fully saturated rings. The van der Waals surface area contributed by atoms with Crippen molar-refractivity contribution in [3.05, 3.63) is 46.9 Å². The number of hydrogen-bond acceptors (Lipinski definition) is 4. The topological polar surface area (TPSA) is 76.5 Å². The van der Waals surface area contributed by atoms with Crippen LogP contribution in [0.5, 0.6) is 0 Å². The fraction of sp³-hybridized carbons (Fsp3) is 0.333. The first-order valence-electron chi connectivity index (χ1n) is 6.59. The van der Waals surface area contributed by atoms with Crippen molar-refractivity contribution in [1.29, 1.82) is 0 Å². The summed E-state index contributed by atoms with van der Waals surface area (Å²) in [5.41, 5.74) is 9.51. The van der Waals surface area contributed by atoms with Gasteiger partial charge in [-0.25, -0.2) is 8.42 Å². The van der Waals surface area contributed by atoms with Crippen LogP contribution in [0.4, 0.5) is 5.69 Å². The normalized spacial score (nSPS) is 12.0. The highest BCUT2D eigenvalue weighted by atomic mass is 32.2. The Kier molecular flexibility index (Phi) is 4.11. The summed E-state index contributed by atoms with van der Waals surface area (Å²) in [6.07, 6.45) is 3.06. The second kappa shape index (κ2) is 5.54. The molecule has 2 N–H and O–H groups in total. The molecule has 0 amide bonds. The van der Waals surface area contributed by atoms with Crippen molar-refractivity contribution >= 4 is 15.7 Å². The van der Waals surface area contributed by atoms with Gasteiger partial charge in [-0.2, -0.15) is 4.31 Å². The third-order valence-corrected chi connectivity index (χ3v) is 5.71. The summed E-state index contributed by atoms with van der Waals surface area (Å²) in [4.78, 5) is 0.289. The predicted molar refractivity (Wildman–Crippen MR) is 82.4 cm³/mol. The lowest BCUT2D eigenvalue weighted by atomic mass is 10.1. The summed E-state index contributed by atoms with van der Waals surface area (Å²) in [5, 5.41) is 0. The first kappa shape index (κ1) is 15.6. The molecule has 21 heavy (non-hydrogen) atoms. The number of anilines is 1. The smallest absolute Gasteiger partial charge is 0.243 e. The van der Waals surface area contributed by atoms with E-state index in [1.165, 1.54) is 16.8 Å². The van der Waals surface area contributed by atoms with Crippen molar-refractivity contribution in [2.45, 2.75) is 32.2 Å². The van der Waals surface area contributed by atoms with Gasteiger partial charge in [0.05, 0.1) is 17.4 Å². The van der Waals surface area contributed by atoms with Gasteiger partial charge >= 0.3 is 0 Å². The first-order valence-corrected chi connectivity index (χ1v) is 8.03. The van der Waals surface area contributed by atoms with Crippen LogP contribution in [0.1, 0.15) is 22.3 Å². The molecule has 2 aromatic rings. The van der Waals surface area contributed by atoms with E-state index in [9.17, 15) is 8.42 Å². The molecule has 1 aromatic heterocycles. The Bertz CT molecular complexity index is 750. The van der Waals surface area contributed by atoms with Crippen LogP contribution in [-0.2, 0) is 16.6 Å². The number of sulfonamides is 1. The largest absolute Gasteiger partial charge is 0.472 e. The van der Waals surface area contributed by atoms with Crippen LogP contribution in [0, 0.1) is 20.8 Å². The molecule has 6 heteroatoms. The van der Waals surface area contributed by atoms with Gasteiger partial charge in [-0.15, -0.1) is 0 Å². The minimum atomic E-state index is -3.60. The van der Waals surface area contributed by atoms with E-state index in [2.05, 4.69) is 0 Å². The average molecular weight is 308 g/mol. The van der Waals surface area contributed by atoms with Crippen molar-refractivity contribution in [2.75, 3.05) is 12.8 Å². The molecule has 1 aromatic carbocycles. The molecule has 0 unspecified atom stereocenters. The number of aryl methyl sites for hydroxylation is 2. The van der Waals surface area contributed by atoms with Gasteiger partial charge in [-0.3, -0.25) is 0 Å². The summed E-state index contributed by atoms with van der Waals surface area (Å²) >= 11 is 0. The van der Waals surface area contributed by atoms with Crippen LogP contribution in [0.15, 0.2) is 34.0 Å². The molecule has 0 atom stereocenters.